The van der Waals surface area contributed by atoms with E-state index < -0.39 is 16.8 Å². The number of phenols is 1. The zero-order valence-corrected chi connectivity index (χ0v) is 22.0. The number of carboxylic acid groups (broad SMARTS) is 1. The Bertz CT molecular complexity index is 1500. The minimum atomic E-state index is -1.14. The average Bonchev–Trinajstić information content (AvgIpc) is 3.40. The molecule has 2 N–H and O–H groups in total. The summed E-state index contributed by atoms with van der Waals surface area (Å²) >= 11 is 0. The Kier molecular flexibility index (Phi) is 5.90. The number of amides is 1. The van der Waals surface area contributed by atoms with Crippen molar-refractivity contribution >= 4 is 18.0 Å². The highest BCUT2D eigenvalue weighted by Gasteiger charge is 2.70. The van der Waals surface area contributed by atoms with Crippen LogP contribution in [0.5, 0.6) is 17.2 Å². The number of likely N-dealkylation sites (tertiary alicyclic amines) is 1. The minimum Gasteiger partial charge on any atom is -0.504 e. The monoisotopic (exact) mass is 525 g/mol. The van der Waals surface area contributed by atoms with E-state index in [0.717, 1.165) is 28.7 Å². The number of aliphatic carboxylic acids is 1. The van der Waals surface area contributed by atoms with Crippen LogP contribution in [0.15, 0.2) is 72.8 Å². The molecule has 3 aromatic carbocycles. The van der Waals surface area contributed by atoms with E-state index in [1.807, 2.05) is 48.5 Å². The standard InChI is InChI=1S/C32H31NO6/c1-38-26-10-6-3-7-20(26)11-14-29(35)33-18-28-31(21-12-13-27(39-2)25(34)17-21)16-15-24(32(28,19-33)30(36)37)22-8-4-5-9-23(22)31/h3-14,17,24,28,34H,15-16,18-19H2,1-2H3,(H,36,37)/b14-11+/t24-,28-,31-,32-/m0/s1. The van der Waals surface area contributed by atoms with Gasteiger partial charge in [-0.05, 0) is 53.8 Å². The van der Waals surface area contributed by atoms with E-state index in [1.54, 1.807) is 30.2 Å². The predicted octanol–water partition coefficient (Wildman–Crippen LogP) is 4.83. The molecule has 1 saturated heterocycles. The minimum absolute atomic E-state index is 0.0150. The van der Waals surface area contributed by atoms with E-state index in [-0.39, 0.29) is 30.0 Å². The van der Waals surface area contributed by atoms with E-state index in [0.29, 0.717) is 24.5 Å². The first-order valence-electron chi connectivity index (χ1n) is 13.2. The number of carbonyl (C=O) groups excluding carboxylic acids is 1. The van der Waals surface area contributed by atoms with Crippen LogP contribution in [0, 0.1) is 11.3 Å². The smallest absolute Gasteiger partial charge is 0.312 e. The van der Waals surface area contributed by atoms with Gasteiger partial charge < -0.3 is 24.6 Å². The van der Waals surface area contributed by atoms with Gasteiger partial charge >= 0.3 is 5.97 Å². The van der Waals surface area contributed by atoms with Gasteiger partial charge in [-0.3, -0.25) is 9.59 Å². The maximum absolute atomic E-state index is 13.6. The molecule has 2 bridgehead atoms. The summed E-state index contributed by atoms with van der Waals surface area (Å²) in [6.07, 6.45) is 4.65. The Balaban J connectivity index is 1.46. The van der Waals surface area contributed by atoms with Crippen LogP contribution in [0.2, 0.25) is 0 Å². The molecule has 4 atom stereocenters. The number of hydrogen-bond donors (Lipinski definition) is 2. The molecule has 1 aliphatic heterocycles. The van der Waals surface area contributed by atoms with Crippen molar-refractivity contribution in [3.8, 4) is 17.2 Å². The molecule has 4 aliphatic rings. The molecule has 7 heteroatoms. The van der Waals surface area contributed by atoms with Crippen LogP contribution in [0.3, 0.4) is 0 Å². The molecule has 1 heterocycles. The van der Waals surface area contributed by atoms with Gasteiger partial charge in [0.1, 0.15) is 5.75 Å². The van der Waals surface area contributed by atoms with Crippen LogP contribution < -0.4 is 9.47 Å². The van der Waals surface area contributed by atoms with Crippen molar-refractivity contribution in [3.63, 3.8) is 0 Å². The lowest BCUT2D eigenvalue weighted by Gasteiger charge is -2.59. The third kappa shape index (κ3) is 3.49. The molecule has 39 heavy (non-hydrogen) atoms. The largest absolute Gasteiger partial charge is 0.504 e. The third-order valence-corrected chi connectivity index (χ3v) is 9.29. The molecule has 3 aliphatic carbocycles. The number of ether oxygens (including phenoxy) is 2. The number of benzene rings is 3. The maximum Gasteiger partial charge on any atom is 0.312 e. The van der Waals surface area contributed by atoms with Gasteiger partial charge in [0.25, 0.3) is 0 Å². The lowest BCUT2D eigenvalue weighted by atomic mass is 9.42. The maximum atomic E-state index is 13.6. The van der Waals surface area contributed by atoms with Crippen molar-refractivity contribution < 1.29 is 29.3 Å². The molecule has 1 amide bonds. The Hall–Kier alpha value is -4.26. The topological polar surface area (TPSA) is 96.3 Å². The van der Waals surface area contributed by atoms with Crippen molar-refractivity contribution in [2.75, 3.05) is 27.3 Å². The van der Waals surface area contributed by atoms with Crippen molar-refractivity contribution in [2.24, 2.45) is 11.3 Å². The van der Waals surface area contributed by atoms with Crippen molar-refractivity contribution in [2.45, 2.75) is 24.2 Å². The fraction of sp³-hybridized carbons (Fsp3) is 0.312. The van der Waals surface area contributed by atoms with Gasteiger partial charge in [0.05, 0.1) is 19.6 Å². The second kappa shape index (κ2) is 9.19. The lowest BCUT2D eigenvalue weighted by Crippen LogP contribution is -2.60. The van der Waals surface area contributed by atoms with Gasteiger partial charge in [-0.25, -0.2) is 0 Å². The van der Waals surface area contributed by atoms with Crippen molar-refractivity contribution in [1.82, 2.24) is 4.90 Å². The number of carboxylic acids is 1. The molecule has 2 fully saturated rings. The zero-order chi connectivity index (χ0) is 27.4. The third-order valence-electron chi connectivity index (χ3n) is 9.29. The highest BCUT2D eigenvalue weighted by atomic mass is 16.5. The molecular formula is C32H31NO6. The van der Waals surface area contributed by atoms with Crippen LogP contribution in [0.1, 0.15) is 41.0 Å². The molecule has 200 valence electrons. The SMILES string of the molecule is COc1ccc([C@@]23CC[C@@H](c4ccccc42)[C@@]2(C(=O)O)CN(C(=O)/C=C/c4ccccc4OC)C[C@@H]32)cc1O. The molecule has 7 nitrogen and oxygen atoms in total. The van der Waals surface area contributed by atoms with Crippen molar-refractivity contribution in [1.29, 1.82) is 0 Å². The summed E-state index contributed by atoms with van der Waals surface area (Å²) in [5, 5.41) is 21.6. The predicted molar refractivity (Wildman–Crippen MR) is 146 cm³/mol. The number of carbonyl (C=O) groups is 2. The Morgan fingerprint density at radius 2 is 1.74 bits per heavy atom. The van der Waals surface area contributed by atoms with Gasteiger partial charge in [-0.1, -0.05) is 48.5 Å². The fourth-order valence-electron chi connectivity index (χ4n) is 7.66. The zero-order valence-electron chi connectivity index (χ0n) is 22.0. The summed E-state index contributed by atoms with van der Waals surface area (Å²) in [6.45, 7) is 0.435. The van der Waals surface area contributed by atoms with E-state index in [1.165, 1.54) is 13.2 Å². The summed E-state index contributed by atoms with van der Waals surface area (Å²) in [4.78, 5) is 28.5. The molecule has 0 aromatic heterocycles. The lowest BCUT2D eigenvalue weighted by molar-refractivity contribution is -0.157. The highest BCUT2D eigenvalue weighted by molar-refractivity contribution is 5.93. The molecule has 0 unspecified atom stereocenters. The number of phenolic OH excluding ortho intramolecular Hbond substituents is 1. The first-order valence-corrected chi connectivity index (χ1v) is 13.2. The summed E-state index contributed by atoms with van der Waals surface area (Å²) in [5.41, 5.74) is 1.92. The molecule has 3 aromatic rings. The van der Waals surface area contributed by atoms with Crippen LogP contribution in [-0.4, -0.2) is 54.3 Å². The number of methoxy groups -OCH3 is 2. The van der Waals surface area contributed by atoms with E-state index in [4.69, 9.17) is 9.47 Å². The number of aromatic hydroxyl groups is 1. The summed E-state index contributed by atoms with van der Waals surface area (Å²) in [6, 6.07) is 20.9. The second-order valence-electron chi connectivity index (χ2n) is 10.7. The van der Waals surface area contributed by atoms with E-state index >= 15 is 0 Å². The van der Waals surface area contributed by atoms with Gasteiger partial charge in [-0.15, -0.1) is 0 Å². The normalized spacial score (nSPS) is 26.8. The number of hydrogen-bond acceptors (Lipinski definition) is 5. The van der Waals surface area contributed by atoms with Crippen LogP contribution in [0.25, 0.3) is 6.08 Å². The van der Waals surface area contributed by atoms with Crippen LogP contribution in [0.4, 0.5) is 0 Å². The van der Waals surface area contributed by atoms with Crippen LogP contribution >= 0.6 is 0 Å². The van der Waals surface area contributed by atoms with Crippen molar-refractivity contribution in [3.05, 3.63) is 95.1 Å². The molecule has 1 saturated carbocycles. The first-order chi connectivity index (χ1) is 18.9. The average molecular weight is 526 g/mol. The van der Waals surface area contributed by atoms with Gasteiger partial charge in [0, 0.05) is 42.0 Å². The summed E-state index contributed by atoms with van der Waals surface area (Å²) < 4.78 is 10.7. The van der Waals surface area contributed by atoms with Gasteiger partial charge in [0.2, 0.25) is 5.91 Å². The van der Waals surface area contributed by atoms with Gasteiger partial charge in [-0.2, -0.15) is 0 Å². The molecule has 0 radical (unpaired) electrons. The quantitative estimate of drug-likeness (QED) is 0.448. The number of nitrogens with zero attached hydrogens (tertiary/aromatic N) is 1. The highest BCUT2D eigenvalue weighted by Crippen LogP contribution is 2.69. The van der Waals surface area contributed by atoms with E-state index in [2.05, 4.69) is 6.07 Å². The summed E-state index contributed by atoms with van der Waals surface area (Å²) in [7, 11) is 3.09. The first kappa shape index (κ1) is 25.0. The number of para-hydroxylation sites is 1. The number of fused-ring (bicyclic) bond motifs is 1. The summed E-state index contributed by atoms with van der Waals surface area (Å²) in [5.74, 6) is -0.646. The molecular weight excluding hydrogens is 494 g/mol. The Morgan fingerprint density at radius 3 is 2.49 bits per heavy atom. The number of rotatable bonds is 6. The molecule has 7 rings (SSSR count). The van der Waals surface area contributed by atoms with E-state index in [9.17, 15) is 19.8 Å². The van der Waals surface area contributed by atoms with Gasteiger partial charge in [0.15, 0.2) is 11.5 Å². The second-order valence-corrected chi connectivity index (χ2v) is 10.7. The molecule has 0 spiro atoms. The Labute approximate surface area is 227 Å². The van der Waals surface area contributed by atoms with Crippen LogP contribution in [-0.2, 0) is 15.0 Å². The fourth-order valence-corrected chi connectivity index (χ4v) is 7.66. The Morgan fingerprint density at radius 1 is 1.00 bits per heavy atom.